The highest BCUT2D eigenvalue weighted by Gasteiger charge is 2.36. The minimum Gasteiger partial charge on any atom is -0.483 e. The summed E-state index contributed by atoms with van der Waals surface area (Å²) < 4.78 is 50.1. The van der Waals surface area contributed by atoms with Crippen molar-refractivity contribution in [3.8, 4) is 11.6 Å². The zero-order chi connectivity index (χ0) is 30.3. The molecule has 41 heavy (non-hydrogen) atoms. The number of ketones is 1. The van der Waals surface area contributed by atoms with Gasteiger partial charge in [-0.1, -0.05) is 50.2 Å². The summed E-state index contributed by atoms with van der Waals surface area (Å²) >= 11 is 0. The number of carbonyl (C=O) groups is 4. The van der Waals surface area contributed by atoms with Crippen LogP contribution in [0.3, 0.4) is 0 Å². The topological polar surface area (TPSA) is 149 Å². The fraction of sp³-hybridized carbons (Fsp3) is 0.370. The molecule has 1 heterocycles. The largest absolute Gasteiger partial charge is 0.483 e. The van der Waals surface area contributed by atoms with Crippen LogP contribution in [0.15, 0.2) is 48.5 Å². The SMILES string of the molecule is CC(C)[C@H](NC(=O)COc1cccc2ccccc12)C(=O)N[C@@H](CC(=O)O)C(=O)COc1cc(C(F)(F)F)n(C)n1. The second-order valence-corrected chi connectivity index (χ2v) is 9.46. The standard InChI is InChI=1S/C27H29F3N4O7/c1-15(2)25(32-22(36)14-40-20-10-6-8-16-7-4-5-9-17(16)20)26(39)31-18(11-24(37)38)19(35)13-41-23-12-21(27(28,29)30)34(3)33-23/h4-10,12,15,18,25H,11,13-14H2,1-3H3,(H,31,39)(H,32,36)(H,37,38)/t18-,25-/m0/s1. The Labute approximate surface area is 232 Å². The maximum Gasteiger partial charge on any atom is 0.433 e. The quantitative estimate of drug-likeness (QED) is 0.280. The van der Waals surface area contributed by atoms with Gasteiger partial charge in [0, 0.05) is 18.5 Å². The molecule has 0 radical (unpaired) electrons. The van der Waals surface area contributed by atoms with E-state index >= 15 is 0 Å². The Morgan fingerprint density at radius 3 is 2.32 bits per heavy atom. The van der Waals surface area contributed by atoms with Gasteiger partial charge in [-0.25, -0.2) is 0 Å². The van der Waals surface area contributed by atoms with Crippen LogP contribution >= 0.6 is 0 Å². The van der Waals surface area contributed by atoms with Gasteiger partial charge in [-0.15, -0.1) is 5.10 Å². The van der Waals surface area contributed by atoms with E-state index in [-0.39, 0.29) is 0 Å². The van der Waals surface area contributed by atoms with E-state index in [0.717, 1.165) is 17.8 Å². The van der Waals surface area contributed by atoms with Gasteiger partial charge in [-0.2, -0.15) is 13.2 Å². The smallest absolute Gasteiger partial charge is 0.433 e. The van der Waals surface area contributed by atoms with Gasteiger partial charge in [0.05, 0.1) is 6.42 Å². The molecule has 0 saturated carbocycles. The molecule has 1 aromatic heterocycles. The first-order valence-electron chi connectivity index (χ1n) is 12.4. The van der Waals surface area contributed by atoms with Gasteiger partial charge >= 0.3 is 12.1 Å². The molecule has 0 aliphatic carbocycles. The second kappa shape index (κ2) is 13.2. The number of carboxylic acids is 1. The number of alkyl halides is 3. The number of amides is 2. The fourth-order valence-corrected chi connectivity index (χ4v) is 3.92. The van der Waals surface area contributed by atoms with Crippen LogP contribution in [0.2, 0.25) is 0 Å². The van der Waals surface area contributed by atoms with Gasteiger partial charge in [-0.05, 0) is 17.4 Å². The van der Waals surface area contributed by atoms with E-state index < -0.39 is 79.0 Å². The van der Waals surface area contributed by atoms with E-state index in [9.17, 15) is 37.5 Å². The number of fused-ring (bicyclic) bond motifs is 1. The number of nitrogens with one attached hydrogen (secondary N) is 2. The minimum atomic E-state index is -4.70. The van der Waals surface area contributed by atoms with E-state index in [1.165, 1.54) is 0 Å². The van der Waals surface area contributed by atoms with Gasteiger partial charge in [0.2, 0.25) is 11.8 Å². The van der Waals surface area contributed by atoms with Crippen LogP contribution in [0.25, 0.3) is 10.8 Å². The molecule has 2 atom stereocenters. The Morgan fingerprint density at radius 1 is 1.00 bits per heavy atom. The molecule has 3 aromatic rings. The van der Waals surface area contributed by atoms with E-state index in [2.05, 4.69) is 15.7 Å². The number of hydrogen-bond acceptors (Lipinski definition) is 7. The van der Waals surface area contributed by atoms with Crippen LogP contribution in [-0.4, -0.2) is 63.8 Å². The molecule has 11 nitrogen and oxygen atoms in total. The van der Waals surface area contributed by atoms with Crippen molar-refractivity contribution >= 4 is 34.3 Å². The highest BCUT2D eigenvalue weighted by atomic mass is 19.4. The average Bonchev–Trinajstić information content (AvgIpc) is 3.29. The maximum atomic E-state index is 13.0. The summed E-state index contributed by atoms with van der Waals surface area (Å²) in [5.41, 5.74) is -1.12. The van der Waals surface area contributed by atoms with Crippen molar-refractivity contribution in [1.82, 2.24) is 20.4 Å². The number of aliphatic carboxylic acids is 1. The number of hydrogen-bond donors (Lipinski definition) is 3. The first kappa shape index (κ1) is 30.9. The number of ether oxygens (including phenoxy) is 2. The Bertz CT molecular complexity index is 1420. The molecule has 0 bridgehead atoms. The van der Waals surface area contributed by atoms with Crippen molar-refractivity contribution in [2.75, 3.05) is 13.2 Å². The van der Waals surface area contributed by atoms with Crippen LogP contribution in [-0.2, 0) is 32.4 Å². The summed E-state index contributed by atoms with van der Waals surface area (Å²) in [4.78, 5) is 49.7. The number of carbonyl (C=O) groups excluding carboxylic acids is 3. The molecule has 0 unspecified atom stereocenters. The molecule has 14 heteroatoms. The molecule has 0 fully saturated rings. The van der Waals surface area contributed by atoms with E-state index in [1.54, 1.807) is 26.0 Å². The van der Waals surface area contributed by atoms with Gasteiger partial charge in [0.25, 0.3) is 5.91 Å². The summed E-state index contributed by atoms with van der Waals surface area (Å²) in [5.74, 6) is -4.33. The Morgan fingerprint density at radius 2 is 1.68 bits per heavy atom. The molecule has 220 valence electrons. The second-order valence-electron chi connectivity index (χ2n) is 9.46. The first-order chi connectivity index (χ1) is 19.3. The van der Waals surface area contributed by atoms with Crippen LogP contribution in [0, 0.1) is 5.92 Å². The Kier molecular flexibility index (Phi) is 9.92. The maximum absolute atomic E-state index is 13.0. The average molecular weight is 579 g/mol. The number of aryl methyl sites for hydroxylation is 1. The van der Waals surface area contributed by atoms with Crippen LogP contribution in [0.5, 0.6) is 11.6 Å². The van der Waals surface area contributed by atoms with Crippen molar-refractivity contribution < 1.29 is 46.9 Å². The summed E-state index contributed by atoms with van der Waals surface area (Å²) in [6.45, 7) is 1.99. The molecule has 2 amide bonds. The third-order valence-corrected chi connectivity index (χ3v) is 5.97. The lowest BCUT2D eigenvalue weighted by atomic mass is 10.0. The van der Waals surface area contributed by atoms with Gasteiger partial charge in [0.1, 0.15) is 23.5 Å². The third-order valence-electron chi connectivity index (χ3n) is 5.97. The Balaban J connectivity index is 1.62. The van der Waals surface area contributed by atoms with Crippen molar-refractivity contribution in [2.45, 2.75) is 38.5 Å². The van der Waals surface area contributed by atoms with Crippen LogP contribution < -0.4 is 20.1 Å². The lowest BCUT2D eigenvalue weighted by molar-refractivity contribution is -0.143. The van der Waals surface area contributed by atoms with Crippen molar-refractivity contribution in [3.63, 3.8) is 0 Å². The van der Waals surface area contributed by atoms with E-state index in [0.29, 0.717) is 16.5 Å². The van der Waals surface area contributed by atoms with Crippen LogP contribution in [0.4, 0.5) is 13.2 Å². The third kappa shape index (κ3) is 8.43. The predicted octanol–water partition coefficient (Wildman–Crippen LogP) is 2.72. The number of halogens is 3. The van der Waals surface area contributed by atoms with Gasteiger partial charge in [-0.3, -0.25) is 23.9 Å². The lowest BCUT2D eigenvalue weighted by Crippen LogP contribution is -2.55. The number of rotatable bonds is 13. The molecule has 0 spiro atoms. The molecule has 0 aliphatic heterocycles. The lowest BCUT2D eigenvalue weighted by Gasteiger charge is -2.24. The zero-order valence-electron chi connectivity index (χ0n) is 22.4. The molecule has 3 N–H and O–H groups in total. The minimum absolute atomic E-state index is 0.417. The summed E-state index contributed by atoms with van der Waals surface area (Å²) in [7, 11) is 1.04. The molecule has 2 aromatic carbocycles. The molecular weight excluding hydrogens is 549 g/mol. The van der Waals surface area contributed by atoms with Gasteiger partial charge in [0.15, 0.2) is 19.0 Å². The Hall–Kier alpha value is -4.62. The zero-order valence-corrected chi connectivity index (χ0v) is 22.4. The normalized spacial score (nSPS) is 13.0. The number of benzene rings is 2. The van der Waals surface area contributed by atoms with E-state index in [4.69, 9.17) is 9.47 Å². The van der Waals surface area contributed by atoms with E-state index in [1.807, 2.05) is 30.3 Å². The van der Waals surface area contributed by atoms with Crippen molar-refractivity contribution in [3.05, 3.63) is 54.2 Å². The van der Waals surface area contributed by atoms with Crippen LogP contribution in [0.1, 0.15) is 26.0 Å². The molecule has 3 rings (SSSR count). The predicted molar refractivity (Wildman–Crippen MR) is 139 cm³/mol. The number of Topliss-reactive ketones (excluding diaryl/α,β-unsaturated/α-hetero) is 1. The monoisotopic (exact) mass is 578 g/mol. The number of aromatic nitrogens is 2. The molecular formula is C27H29F3N4O7. The summed E-state index contributed by atoms with van der Waals surface area (Å²) in [6, 6.07) is 10.6. The summed E-state index contributed by atoms with van der Waals surface area (Å²) in [6.07, 6.45) is -5.53. The first-order valence-corrected chi connectivity index (χ1v) is 12.4. The highest BCUT2D eigenvalue weighted by molar-refractivity contribution is 5.95. The number of nitrogens with zero attached hydrogens (tertiary/aromatic N) is 2. The summed E-state index contributed by atoms with van der Waals surface area (Å²) in [5, 5.41) is 19.3. The highest BCUT2D eigenvalue weighted by Crippen LogP contribution is 2.31. The fourth-order valence-electron chi connectivity index (χ4n) is 3.92. The number of carboxylic acid groups (broad SMARTS) is 1. The molecule has 0 saturated heterocycles. The van der Waals surface area contributed by atoms with Gasteiger partial charge < -0.3 is 25.2 Å². The van der Waals surface area contributed by atoms with Crippen molar-refractivity contribution in [1.29, 1.82) is 0 Å². The van der Waals surface area contributed by atoms with Crippen molar-refractivity contribution in [2.24, 2.45) is 13.0 Å². The molecule has 0 aliphatic rings.